The molecule has 0 radical (unpaired) electrons. The standard InChI is InChI=1S/C17H15NO3/c19-11-13(10-12-6-2-1-3-7-12)18-16(20)14-8-4-5-9-15(14)17(18)21/h1-9,13,19H,10-11H2. The van der Waals surface area contributed by atoms with Gasteiger partial charge in [0.05, 0.1) is 23.8 Å². The zero-order valence-corrected chi connectivity index (χ0v) is 11.4. The highest BCUT2D eigenvalue weighted by Crippen LogP contribution is 2.25. The first-order valence-electron chi connectivity index (χ1n) is 6.84. The van der Waals surface area contributed by atoms with E-state index in [1.165, 1.54) is 4.90 Å². The fourth-order valence-electron chi connectivity index (χ4n) is 2.66. The van der Waals surface area contributed by atoms with Crippen LogP contribution < -0.4 is 0 Å². The summed E-state index contributed by atoms with van der Waals surface area (Å²) >= 11 is 0. The number of imide groups is 1. The van der Waals surface area contributed by atoms with Crippen molar-refractivity contribution in [3.8, 4) is 0 Å². The van der Waals surface area contributed by atoms with Crippen LogP contribution in [0.5, 0.6) is 0 Å². The van der Waals surface area contributed by atoms with E-state index >= 15 is 0 Å². The second-order valence-corrected chi connectivity index (χ2v) is 5.05. The summed E-state index contributed by atoms with van der Waals surface area (Å²) in [5, 5.41) is 9.62. The Morgan fingerprint density at radius 2 is 1.38 bits per heavy atom. The number of carbonyl (C=O) groups is 2. The molecule has 0 bridgehead atoms. The van der Waals surface area contributed by atoms with Crippen molar-refractivity contribution in [3.63, 3.8) is 0 Å². The van der Waals surface area contributed by atoms with Crippen molar-refractivity contribution in [1.82, 2.24) is 4.90 Å². The molecule has 1 aliphatic rings. The number of fused-ring (bicyclic) bond motifs is 1. The van der Waals surface area contributed by atoms with Gasteiger partial charge in [0.1, 0.15) is 0 Å². The summed E-state index contributed by atoms with van der Waals surface area (Å²) in [5.41, 5.74) is 1.80. The van der Waals surface area contributed by atoms with Gasteiger partial charge in [-0.05, 0) is 24.1 Å². The van der Waals surface area contributed by atoms with Crippen molar-refractivity contribution in [3.05, 3.63) is 71.3 Å². The lowest BCUT2D eigenvalue weighted by Gasteiger charge is -2.24. The van der Waals surface area contributed by atoms with Gasteiger partial charge in [-0.3, -0.25) is 14.5 Å². The minimum absolute atomic E-state index is 0.250. The topological polar surface area (TPSA) is 57.6 Å². The molecule has 0 saturated carbocycles. The molecule has 2 aromatic carbocycles. The number of nitrogens with zero attached hydrogens (tertiary/aromatic N) is 1. The number of hydrogen-bond acceptors (Lipinski definition) is 3. The van der Waals surface area contributed by atoms with Crippen LogP contribution in [0.4, 0.5) is 0 Å². The predicted octanol–water partition coefficient (Wildman–Crippen LogP) is 1.89. The van der Waals surface area contributed by atoms with E-state index < -0.39 is 6.04 Å². The molecular formula is C17H15NO3. The Hall–Kier alpha value is -2.46. The van der Waals surface area contributed by atoms with Crippen LogP contribution in [0, 0.1) is 0 Å². The number of aliphatic hydroxyl groups is 1. The summed E-state index contributed by atoms with van der Waals surface area (Å²) in [6, 6.07) is 15.7. The highest BCUT2D eigenvalue weighted by molar-refractivity contribution is 6.21. The van der Waals surface area contributed by atoms with Crippen molar-refractivity contribution in [2.75, 3.05) is 6.61 Å². The Balaban J connectivity index is 1.89. The first kappa shape index (κ1) is 13.5. The van der Waals surface area contributed by atoms with E-state index in [4.69, 9.17) is 0 Å². The van der Waals surface area contributed by atoms with Crippen molar-refractivity contribution >= 4 is 11.8 Å². The van der Waals surface area contributed by atoms with Gasteiger partial charge >= 0.3 is 0 Å². The number of aliphatic hydroxyl groups excluding tert-OH is 1. The Kier molecular flexibility index (Phi) is 3.54. The quantitative estimate of drug-likeness (QED) is 0.871. The average molecular weight is 281 g/mol. The minimum atomic E-state index is -0.542. The average Bonchev–Trinajstić information content (AvgIpc) is 2.78. The molecule has 4 heteroatoms. The number of benzene rings is 2. The molecule has 0 fully saturated rings. The summed E-state index contributed by atoms with van der Waals surface area (Å²) in [6.45, 7) is -0.250. The molecule has 4 nitrogen and oxygen atoms in total. The molecule has 1 aliphatic heterocycles. The monoisotopic (exact) mass is 281 g/mol. The third kappa shape index (κ3) is 2.34. The fraction of sp³-hybridized carbons (Fsp3) is 0.176. The maximum Gasteiger partial charge on any atom is 0.261 e. The molecule has 21 heavy (non-hydrogen) atoms. The summed E-state index contributed by atoms with van der Waals surface area (Å²) in [5.74, 6) is -0.656. The van der Waals surface area contributed by atoms with Crippen molar-refractivity contribution in [1.29, 1.82) is 0 Å². The molecule has 2 aromatic rings. The second-order valence-electron chi connectivity index (χ2n) is 5.05. The van der Waals surface area contributed by atoms with E-state index in [1.807, 2.05) is 30.3 Å². The summed E-state index contributed by atoms with van der Waals surface area (Å²) in [6.07, 6.45) is 0.447. The SMILES string of the molecule is O=C1c2ccccc2C(=O)N1C(CO)Cc1ccccc1. The van der Waals surface area contributed by atoms with Gasteiger partial charge in [-0.2, -0.15) is 0 Å². The van der Waals surface area contributed by atoms with Gasteiger partial charge in [-0.1, -0.05) is 42.5 Å². The minimum Gasteiger partial charge on any atom is -0.394 e. The van der Waals surface area contributed by atoms with E-state index in [0.29, 0.717) is 17.5 Å². The van der Waals surface area contributed by atoms with E-state index in [1.54, 1.807) is 24.3 Å². The molecule has 0 spiro atoms. The smallest absolute Gasteiger partial charge is 0.261 e. The third-order valence-electron chi connectivity index (χ3n) is 3.72. The molecule has 1 N–H and O–H groups in total. The van der Waals surface area contributed by atoms with E-state index in [2.05, 4.69) is 0 Å². The zero-order chi connectivity index (χ0) is 14.8. The lowest BCUT2D eigenvalue weighted by atomic mass is 10.1. The van der Waals surface area contributed by atoms with Crippen LogP contribution in [0.15, 0.2) is 54.6 Å². The first-order chi connectivity index (χ1) is 10.2. The van der Waals surface area contributed by atoms with Crippen LogP contribution in [-0.4, -0.2) is 34.5 Å². The van der Waals surface area contributed by atoms with Crippen LogP contribution in [-0.2, 0) is 6.42 Å². The Bertz CT molecular complexity index is 646. The normalized spacial score (nSPS) is 15.2. The Labute approximate surface area is 122 Å². The lowest BCUT2D eigenvalue weighted by Crippen LogP contribution is -2.43. The van der Waals surface area contributed by atoms with Gasteiger partial charge < -0.3 is 5.11 Å². The lowest BCUT2D eigenvalue weighted by molar-refractivity contribution is 0.0516. The maximum atomic E-state index is 12.4. The van der Waals surface area contributed by atoms with Crippen molar-refractivity contribution in [2.45, 2.75) is 12.5 Å². The number of rotatable bonds is 4. The molecule has 0 aromatic heterocycles. The van der Waals surface area contributed by atoms with Gasteiger partial charge in [-0.15, -0.1) is 0 Å². The highest BCUT2D eigenvalue weighted by atomic mass is 16.3. The number of hydrogen-bond donors (Lipinski definition) is 1. The number of amides is 2. The predicted molar refractivity (Wildman–Crippen MR) is 78.0 cm³/mol. The largest absolute Gasteiger partial charge is 0.394 e. The van der Waals surface area contributed by atoms with Gasteiger partial charge in [0, 0.05) is 0 Å². The molecule has 3 rings (SSSR count). The van der Waals surface area contributed by atoms with Gasteiger partial charge in [-0.25, -0.2) is 0 Å². The Morgan fingerprint density at radius 1 is 0.857 bits per heavy atom. The highest BCUT2D eigenvalue weighted by Gasteiger charge is 2.39. The third-order valence-corrected chi connectivity index (χ3v) is 3.72. The van der Waals surface area contributed by atoms with Crippen LogP contribution in [0.3, 0.4) is 0 Å². The van der Waals surface area contributed by atoms with E-state index in [-0.39, 0.29) is 18.4 Å². The molecule has 106 valence electrons. The van der Waals surface area contributed by atoms with Crippen LogP contribution in [0.25, 0.3) is 0 Å². The van der Waals surface area contributed by atoms with Crippen molar-refractivity contribution in [2.24, 2.45) is 0 Å². The van der Waals surface area contributed by atoms with Crippen LogP contribution in [0.2, 0.25) is 0 Å². The van der Waals surface area contributed by atoms with E-state index in [0.717, 1.165) is 5.56 Å². The molecule has 1 heterocycles. The van der Waals surface area contributed by atoms with Gasteiger partial charge in [0.2, 0.25) is 0 Å². The molecule has 1 unspecified atom stereocenters. The first-order valence-corrected chi connectivity index (χ1v) is 6.84. The summed E-state index contributed by atoms with van der Waals surface area (Å²) in [7, 11) is 0. The fourth-order valence-corrected chi connectivity index (χ4v) is 2.66. The molecular weight excluding hydrogens is 266 g/mol. The summed E-state index contributed by atoms with van der Waals surface area (Å²) in [4.78, 5) is 26.0. The number of carbonyl (C=O) groups excluding carboxylic acids is 2. The molecule has 0 aliphatic carbocycles. The maximum absolute atomic E-state index is 12.4. The van der Waals surface area contributed by atoms with Gasteiger partial charge in [0.25, 0.3) is 11.8 Å². The molecule has 0 saturated heterocycles. The van der Waals surface area contributed by atoms with Crippen LogP contribution in [0.1, 0.15) is 26.3 Å². The zero-order valence-electron chi connectivity index (χ0n) is 11.4. The molecule has 2 amide bonds. The molecule has 1 atom stereocenters. The van der Waals surface area contributed by atoms with Crippen molar-refractivity contribution < 1.29 is 14.7 Å². The Morgan fingerprint density at radius 3 is 1.90 bits per heavy atom. The van der Waals surface area contributed by atoms with Gasteiger partial charge in [0.15, 0.2) is 0 Å². The summed E-state index contributed by atoms with van der Waals surface area (Å²) < 4.78 is 0. The van der Waals surface area contributed by atoms with E-state index in [9.17, 15) is 14.7 Å². The second kappa shape index (κ2) is 5.50. The van der Waals surface area contributed by atoms with Crippen LogP contribution >= 0.6 is 0 Å².